The van der Waals surface area contributed by atoms with Crippen LogP contribution in [0.5, 0.6) is 0 Å². The van der Waals surface area contributed by atoms with Gasteiger partial charge in [-0.1, -0.05) is 23.7 Å². The summed E-state index contributed by atoms with van der Waals surface area (Å²) in [6.07, 6.45) is -4.50. The maximum atomic E-state index is 13.0. The van der Waals surface area contributed by atoms with Crippen LogP contribution in [0.1, 0.15) is 11.1 Å². The van der Waals surface area contributed by atoms with Gasteiger partial charge in [-0.05, 0) is 29.8 Å². The molecule has 2 aromatic rings. The lowest BCUT2D eigenvalue weighted by atomic mass is 10.2. The van der Waals surface area contributed by atoms with Crippen molar-refractivity contribution in [2.24, 2.45) is 0 Å². The number of hydrogen-bond donors (Lipinski definition) is 1. The third-order valence-corrected chi connectivity index (χ3v) is 2.68. The SMILES string of the molecule is Fc1cccc(CNc2cc(C(F)(F)F)cc(Cl)n2)c1. The molecule has 0 unspecified atom stereocenters. The van der Waals surface area contributed by atoms with E-state index in [9.17, 15) is 17.6 Å². The first-order chi connectivity index (χ1) is 9.34. The molecule has 2 nitrogen and oxygen atoms in total. The fourth-order valence-corrected chi connectivity index (χ4v) is 1.80. The second kappa shape index (κ2) is 5.66. The molecule has 0 spiro atoms. The minimum Gasteiger partial charge on any atom is -0.366 e. The zero-order chi connectivity index (χ0) is 14.8. The fourth-order valence-electron chi connectivity index (χ4n) is 1.59. The van der Waals surface area contributed by atoms with Gasteiger partial charge in [0.15, 0.2) is 0 Å². The molecule has 0 saturated heterocycles. The predicted octanol–water partition coefficient (Wildman–Crippen LogP) is 4.51. The highest BCUT2D eigenvalue weighted by Gasteiger charge is 2.31. The van der Waals surface area contributed by atoms with E-state index in [2.05, 4.69) is 10.3 Å². The third-order valence-electron chi connectivity index (χ3n) is 2.48. The van der Waals surface area contributed by atoms with Gasteiger partial charge in [0, 0.05) is 6.54 Å². The lowest BCUT2D eigenvalue weighted by Crippen LogP contribution is -2.08. The zero-order valence-corrected chi connectivity index (χ0v) is 10.8. The van der Waals surface area contributed by atoms with E-state index in [4.69, 9.17) is 11.6 Å². The summed E-state index contributed by atoms with van der Waals surface area (Å²) in [6.45, 7) is 0.141. The first-order valence-electron chi connectivity index (χ1n) is 5.58. The van der Waals surface area contributed by atoms with E-state index in [0.29, 0.717) is 5.56 Å². The number of anilines is 1. The molecule has 1 N–H and O–H groups in total. The van der Waals surface area contributed by atoms with E-state index < -0.39 is 17.6 Å². The van der Waals surface area contributed by atoms with Crippen LogP contribution in [0.25, 0.3) is 0 Å². The number of benzene rings is 1. The van der Waals surface area contributed by atoms with Crippen molar-refractivity contribution in [1.29, 1.82) is 0 Å². The highest BCUT2D eigenvalue weighted by molar-refractivity contribution is 6.29. The van der Waals surface area contributed by atoms with Crippen LogP contribution in [0.15, 0.2) is 36.4 Å². The molecule has 0 saturated carbocycles. The number of hydrogen-bond acceptors (Lipinski definition) is 2. The van der Waals surface area contributed by atoms with E-state index in [1.165, 1.54) is 18.2 Å². The number of halogens is 5. The molecule has 0 amide bonds. The molecule has 2 rings (SSSR count). The summed E-state index contributed by atoms with van der Waals surface area (Å²) in [5, 5.41) is 2.42. The van der Waals surface area contributed by atoms with Crippen molar-refractivity contribution in [2.75, 3.05) is 5.32 Å². The van der Waals surface area contributed by atoms with Crippen molar-refractivity contribution in [2.45, 2.75) is 12.7 Å². The molecule has 0 radical (unpaired) electrons. The Hall–Kier alpha value is -1.82. The van der Waals surface area contributed by atoms with Crippen LogP contribution in [0.3, 0.4) is 0 Å². The van der Waals surface area contributed by atoms with Crippen molar-refractivity contribution in [3.63, 3.8) is 0 Å². The Bertz CT molecular complexity index is 614. The third kappa shape index (κ3) is 3.84. The second-order valence-electron chi connectivity index (χ2n) is 4.05. The molecule has 20 heavy (non-hydrogen) atoms. The molecular weight excluding hydrogens is 296 g/mol. The summed E-state index contributed by atoms with van der Waals surface area (Å²) in [4.78, 5) is 3.75. The molecule has 0 atom stereocenters. The Morgan fingerprint density at radius 3 is 2.55 bits per heavy atom. The number of aromatic nitrogens is 1. The Morgan fingerprint density at radius 1 is 1.15 bits per heavy atom. The van der Waals surface area contributed by atoms with Crippen LogP contribution in [0, 0.1) is 5.82 Å². The zero-order valence-electron chi connectivity index (χ0n) is 10.0. The van der Waals surface area contributed by atoms with Gasteiger partial charge in [0.2, 0.25) is 0 Å². The number of rotatable bonds is 3. The summed E-state index contributed by atoms with van der Waals surface area (Å²) >= 11 is 5.55. The first-order valence-corrected chi connectivity index (χ1v) is 5.95. The molecule has 0 aliphatic rings. The van der Waals surface area contributed by atoms with Crippen LogP contribution in [0.4, 0.5) is 23.4 Å². The summed E-state index contributed by atoms with van der Waals surface area (Å²) in [6, 6.07) is 7.31. The van der Waals surface area contributed by atoms with E-state index in [0.717, 1.165) is 12.1 Å². The maximum absolute atomic E-state index is 13.0. The highest BCUT2D eigenvalue weighted by atomic mass is 35.5. The summed E-state index contributed by atoms with van der Waals surface area (Å²) in [7, 11) is 0. The van der Waals surface area contributed by atoms with Gasteiger partial charge in [-0.15, -0.1) is 0 Å². The molecule has 0 bridgehead atoms. The van der Waals surface area contributed by atoms with Crippen molar-refractivity contribution < 1.29 is 17.6 Å². The van der Waals surface area contributed by atoms with Gasteiger partial charge in [-0.3, -0.25) is 0 Å². The first kappa shape index (κ1) is 14.6. The molecule has 1 aromatic heterocycles. The Morgan fingerprint density at radius 2 is 1.90 bits per heavy atom. The number of pyridine rings is 1. The van der Waals surface area contributed by atoms with Crippen LogP contribution in [-0.2, 0) is 12.7 Å². The van der Waals surface area contributed by atoms with Crippen molar-refractivity contribution in [3.05, 3.63) is 58.5 Å². The monoisotopic (exact) mass is 304 g/mol. The van der Waals surface area contributed by atoms with Crippen LogP contribution >= 0.6 is 11.6 Å². The fraction of sp³-hybridized carbons (Fsp3) is 0.154. The molecular formula is C13H9ClF4N2. The molecule has 106 valence electrons. The Kier molecular flexibility index (Phi) is 4.13. The van der Waals surface area contributed by atoms with Crippen LogP contribution in [0.2, 0.25) is 5.15 Å². The standard InChI is InChI=1S/C13H9ClF4N2/c14-11-5-9(13(16,17)18)6-12(20-11)19-7-8-2-1-3-10(15)4-8/h1-6H,7H2,(H,19,20). The van der Waals surface area contributed by atoms with Gasteiger partial charge >= 0.3 is 6.18 Å². The van der Waals surface area contributed by atoms with Crippen molar-refractivity contribution in [1.82, 2.24) is 4.98 Å². The average Bonchev–Trinajstić information content (AvgIpc) is 2.35. The quantitative estimate of drug-likeness (QED) is 0.667. The number of alkyl halides is 3. The number of nitrogens with one attached hydrogen (secondary N) is 1. The molecule has 0 fully saturated rings. The van der Waals surface area contributed by atoms with Gasteiger partial charge in [-0.2, -0.15) is 13.2 Å². The Balaban J connectivity index is 2.16. The topological polar surface area (TPSA) is 24.9 Å². The smallest absolute Gasteiger partial charge is 0.366 e. The number of nitrogens with zero attached hydrogens (tertiary/aromatic N) is 1. The largest absolute Gasteiger partial charge is 0.416 e. The van der Waals surface area contributed by atoms with Gasteiger partial charge in [-0.25, -0.2) is 9.37 Å². The molecule has 1 heterocycles. The van der Waals surface area contributed by atoms with Crippen LogP contribution in [-0.4, -0.2) is 4.98 Å². The molecule has 7 heteroatoms. The maximum Gasteiger partial charge on any atom is 0.416 e. The minimum atomic E-state index is -4.50. The molecule has 1 aromatic carbocycles. The Labute approximate surface area is 117 Å². The van der Waals surface area contributed by atoms with E-state index >= 15 is 0 Å². The second-order valence-corrected chi connectivity index (χ2v) is 4.43. The predicted molar refractivity (Wildman–Crippen MR) is 68.0 cm³/mol. The lowest BCUT2D eigenvalue weighted by Gasteiger charge is -2.11. The molecule has 0 aliphatic heterocycles. The molecule has 0 aliphatic carbocycles. The average molecular weight is 305 g/mol. The van der Waals surface area contributed by atoms with E-state index in [1.54, 1.807) is 6.07 Å². The summed E-state index contributed by atoms with van der Waals surface area (Å²) in [5.41, 5.74) is -0.306. The van der Waals surface area contributed by atoms with E-state index in [-0.39, 0.29) is 17.5 Å². The van der Waals surface area contributed by atoms with Gasteiger partial charge in [0.25, 0.3) is 0 Å². The van der Waals surface area contributed by atoms with Crippen molar-refractivity contribution in [3.8, 4) is 0 Å². The normalized spacial score (nSPS) is 11.4. The van der Waals surface area contributed by atoms with Gasteiger partial charge in [0.1, 0.15) is 16.8 Å². The van der Waals surface area contributed by atoms with Gasteiger partial charge < -0.3 is 5.32 Å². The van der Waals surface area contributed by atoms with E-state index in [1.807, 2.05) is 0 Å². The summed E-state index contributed by atoms with van der Waals surface area (Å²) in [5.74, 6) is -0.437. The van der Waals surface area contributed by atoms with Crippen LogP contribution < -0.4 is 5.32 Å². The highest BCUT2D eigenvalue weighted by Crippen LogP contribution is 2.32. The van der Waals surface area contributed by atoms with Gasteiger partial charge in [0.05, 0.1) is 5.56 Å². The van der Waals surface area contributed by atoms with Crippen molar-refractivity contribution >= 4 is 17.4 Å². The summed E-state index contributed by atoms with van der Waals surface area (Å²) < 4.78 is 50.8. The minimum absolute atomic E-state index is 0.0194. The lowest BCUT2D eigenvalue weighted by molar-refractivity contribution is -0.137.